The molecule has 0 aliphatic heterocycles. The van der Waals surface area contributed by atoms with Gasteiger partial charge in [0.25, 0.3) is 0 Å². The van der Waals surface area contributed by atoms with Crippen LogP contribution >= 0.6 is 0 Å². The maximum Gasteiger partial charge on any atom is 0.0701 e. The van der Waals surface area contributed by atoms with Crippen molar-refractivity contribution in [1.29, 1.82) is 0 Å². The Morgan fingerprint density at radius 2 is 0.306 bits per heavy atom. The van der Waals surface area contributed by atoms with Crippen LogP contribution in [0.2, 0.25) is 0 Å². The molecule has 0 aromatic rings. The molecule has 7 nitrogen and oxygen atoms in total. The van der Waals surface area contributed by atoms with Crippen molar-refractivity contribution in [3.8, 4) is 0 Å². The molecule has 0 saturated heterocycles. The van der Waals surface area contributed by atoms with Crippen LogP contribution in [-0.2, 0) is 33.2 Å². The molecule has 0 rings (SSSR count). The summed E-state index contributed by atoms with van der Waals surface area (Å²) >= 11 is 0. The molecule has 0 spiro atoms. The Morgan fingerprint density at radius 1 is 0.163 bits per heavy atom. The van der Waals surface area contributed by atoms with E-state index < -0.39 is 0 Å². The Kier molecular flexibility index (Phi) is 47.4. The quantitative estimate of drug-likeness (QED) is 0.0585. The minimum Gasteiger partial charge on any atom is -0.379 e. The minimum absolute atomic E-state index is 0.568. The third-order valence-electron chi connectivity index (χ3n) is 9.02. The Morgan fingerprint density at radius 3 is 0.490 bits per heavy atom. The number of rotatable bonds is 46. The number of unbranched alkanes of at least 4 members (excludes halogenated alkanes) is 24. The predicted octanol–water partition coefficient (Wildman–Crippen LogP) is 11.3. The van der Waals surface area contributed by atoms with E-state index in [0.717, 1.165) is 26.1 Å². The van der Waals surface area contributed by atoms with Gasteiger partial charge in [-0.2, -0.15) is 0 Å². The SMILES string of the molecule is CCCCCCCCCCCCCCCOCCOCCOCCOCCOCCOCCOCCCCCCCCCCCCCCC. The van der Waals surface area contributed by atoms with Gasteiger partial charge in [-0.3, -0.25) is 0 Å². The highest BCUT2D eigenvalue weighted by Gasteiger charge is 1.98. The van der Waals surface area contributed by atoms with Crippen molar-refractivity contribution in [2.45, 2.75) is 181 Å². The van der Waals surface area contributed by atoms with E-state index in [4.69, 9.17) is 33.2 Å². The largest absolute Gasteiger partial charge is 0.379 e. The molecule has 0 unspecified atom stereocenters. The summed E-state index contributed by atoms with van der Waals surface area (Å²) in [7, 11) is 0. The van der Waals surface area contributed by atoms with Gasteiger partial charge in [-0.25, -0.2) is 0 Å². The molecule has 296 valence electrons. The zero-order valence-electron chi connectivity index (χ0n) is 33.1. The second-order valence-electron chi connectivity index (χ2n) is 13.8. The minimum atomic E-state index is 0.568. The van der Waals surface area contributed by atoms with Crippen molar-refractivity contribution in [3.63, 3.8) is 0 Å². The van der Waals surface area contributed by atoms with E-state index in [1.54, 1.807) is 0 Å². The van der Waals surface area contributed by atoms with E-state index in [1.165, 1.54) is 154 Å². The van der Waals surface area contributed by atoms with E-state index in [2.05, 4.69) is 13.8 Å². The summed E-state index contributed by atoms with van der Waals surface area (Å²) in [6, 6.07) is 0. The zero-order valence-corrected chi connectivity index (χ0v) is 33.1. The molecule has 7 heteroatoms. The summed E-state index contributed by atoms with van der Waals surface area (Å²) in [5.74, 6) is 0. The molecule has 0 amide bonds. The third kappa shape index (κ3) is 47.7. The molecule has 0 N–H and O–H groups in total. The first-order chi connectivity index (χ1) is 24.4. The smallest absolute Gasteiger partial charge is 0.0701 e. The average molecular weight is 703 g/mol. The molecule has 0 bridgehead atoms. The summed E-state index contributed by atoms with van der Waals surface area (Å²) in [6.07, 6.45) is 35.8. The Balaban J connectivity index is 3.04. The first-order valence-corrected chi connectivity index (χ1v) is 21.5. The van der Waals surface area contributed by atoms with E-state index in [0.29, 0.717) is 79.3 Å². The second kappa shape index (κ2) is 47.7. The maximum absolute atomic E-state index is 5.69. The van der Waals surface area contributed by atoms with Gasteiger partial charge in [-0.1, -0.05) is 168 Å². The number of hydrogen-bond donors (Lipinski definition) is 0. The first kappa shape index (κ1) is 48.7. The number of hydrogen-bond acceptors (Lipinski definition) is 7. The fraction of sp³-hybridized carbons (Fsp3) is 1.00. The fourth-order valence-electron chi connectivity index (χ4n) is 5.87. The van der Waals surface area contributed by atoms with Crippen LogP contribution in [0.4, 0.5) is 0 Å². The van der Waals surface area contributed by atoms with Crippen LogP contribution in [0.5, 0.6) is 0 Å². The molecular weight excluding hydrogens is 616 g/mol. The van der Waals surface area contributed by atoms with Crippen molar-refractivity contribution < 1.29 is 33.2 Å². The van der Waals surface area contributed by atoms with Gasteiger partial charge in [0.05, 0.1) is 79.3 Å². The van der Waals surface area contributed by atoms with Crippen LogP contribution in [0, 0.1) is 0 Å². The van der Waals surface area contributed by atoms with Crippen molar-refractivity contribution in [1.82, 2.24) is 0 Å². The van der Waals surface area contributed by atoms with Crippen LogP contribution in [0.1, 0.15) is 181 Å². The topological polar surface area (TPSA) is 64.6 Å². The molecular formula is C42H86O7. The van der Waals surface area contributed by atoms with Crippen molar-refractivity contribution in [2.24, 2.45) is 0 Å². The van der Waals surface area contributed by atoms with Crippen LogP contribution in [0.3, 0.4) is 0 Å². The van der Waals surface area contributed by atoms with Crippen LogP contribution < -0.4 is 0 Å². The van der Waals surface area contributed by atoms with Gasteiger partial charge in [-0.05, 0) is 12.8 Å². The first-order valence-electron chi connectivity index (χ1n) is 21.5. The summed E-state index contributed by atoms with van der Waals surface area (Å²) in [6.45, 7) is 13.5. The van der Waals surface area contributed by atoms with Crippen LogP contribution in [0.25, 0.3) is 0 Å². The molecule has 0 aliphatic carbocycles. The molecule has 0 aliphatic rings. The third-order valence-corrected chi connectivity index (χ3v) is 9.02. The van der Waals surface area contributed by atoms with Gasteiger partial charge in [0.15, 0.2) is 0 Å². The molecule has 0 heterocycles. The summed E-state index contributed by atoms with van der Waals surface area (Å²) in [5, 5.41) is 0. The summed E-state index contributed by atoms with van der Waals surface area (Å²) in [4.78, 5) is 0. The highest BCUT2D eigenvalue weighted by molar-refractivity contribution is 4.50. The molecule has 49 heavy (non-hydrogen) atoms. The van der Waals surface area contributed by atoms with Crippen LogP contribution in [-0.4, -0.2) is 92.5 Å². The van der Waals surface area contributed by atoms with E-state index in [9.17, 15) is 0 Å². The van der Waals surface area contributed by atoms with Gasteiger partial charge in [0, 0.05) is 13.2 Å². The van der Waals surface area contributed by atoms with Crippen LogP contribution in [0.15, 0.2) is 0 Å². The molecule has 0 radical (unpaired) electrons. The molecule has 0 saturated carbocycles. The van der Waals surface area contributed by atoms with Gasteiger partial charge in [0.1, 0.15) is 0 Å². The van der Waals surface area contributed by atoms with Crippen molar-refractivity contribution in [3.05, 3.63) is 0 Å². The van der Waals surface area contributed by atoms with E-state index in [-0.39, 0.29) is 0 Å². The van der Waals surface area contributed by atoms with Gasteiger partial charge in [0.2, 0.25) is 0 Å². The lowest BCUT2D eigenvalue weighted by atomic mass is 10.0. The lowest BCUT2D eigenvalue weighted by molar-refractivity contribution is -0.0206. The molecule has 0 atom stereocenters. The molecule has 0 aromatic carbocycles. The molecule has 0 aromatic heterocycles. The monoisotopic (exact) mass is 703 g/mol. The second-order valence-corrected chi connectivity index (χ2v) is 13.8. The predicted molar refractivity (Wildman–Crippen MR) is 207 cm³/mol. The van der Waals surface area contributed by atoms with Gasteiger partial charge < -0.3 is 33.2 Å². The molecule has 0 fully saturated rings. The normalized spacial score (nSPS) is 11.6. The lowest BCUT2D eigenvalue weighted by Gasteiger charge is -2.08. The maximum atomic E-state index is 5.69. The Bertz CT molecular complexity index is 505. The highest BCUT2D eigenvalue weighted by atomic mass is 16.6. The zero-order chi connectivity index (χ0) is 35.2. The fourth-order valence-corrected chi connectivity index (χ4v) is 5.87. The highest BCUT2D eigenvalue weighted by Crippen LogP contribution is 2.13. The summed E-state index contributed by atoms with van der Waals surface area (Å²) in [5.41, 5.74) is 0. The van der Waals surface area contributed by atoms with E-state index in [1.807, 2.05) is 0 Å². The van der Waals surface area contributed by atoms with Crippen molar-refractivity contribution >= 4 is 0 Å². The van der Waals surface area contributed by atoms with Gasteiger partial charge >= 0.3 is 0 Å². The van der Waals surface area contributed by atoms with E-state index >= 15 is 0 Å². The van der Waals surface area contributed by atoms with Gasteiger partial charge in [-0.15, -0.1) is 0 Å². The summed E-state index contributed by atoms with van der Waals surface area (Å²) < 4.78 is 39.2. The lowest BCUT2D eigenvalue weighted by Crippen LogP contribution is -2.14. The Hall–Kier alpha value is -0.280. The standard InChI is InChI=1S/C42H86O7/c1-3-5-7-9-11-13-15-17-19-21-23-25-27-29-43-31-33-45-35-37-47-39-41-49-42-40-48-38-36-46-34-32-44-30-28-26-24-22-20-18-16-14-12-10-8-6-4-2/h3-42H2,1-2H3. The number of ether oxygens (including phenoxy) is 7. The Labute approximate surface area is 305 Å². The van der Waals surface area contributed by atoms with Crippen molar-refractivity contribution in [2.75, 3.05) is 92.5 Å². The average Bonchev–Trinajstić information content (AvgIpc) is 3.11.